The Labute approximate surface area is 68.1 Å². The normalized spacial score (nSPS) is 10.0. The molecule has 0 rings (SSSR count). The first-order chi connectivity index (χ1) is 5.27. The van der Waals surface area contributed by atoms with Crippen molar-refractivity contribution < 1.29 is 9.53 Å². The SMILES string of the molecule is CCNCCOCCC(C)=O. The first kappa shape index (κ1) is 10.6. The van der Waals surface area contributed by atoms with Crippen molar-refractivity contribution in [1.29, 1.82) is 0 Å². The third kappa shape index (κ3) is 9.59. The van der Waals surface area contributed by atoms with Gasteiger partial charge in [-0.3, -0.25) is 4.79 Å². The number of carbonyl (C=O) groups is 1. The standard InChI is InChI=1S/C8H17NO2/c1-3-9-5-7-11-6-4-8(2)10/h9H,3-7H2,1-2H3. The number of nitrogens with one attached hydrogen (secondary N) is 1. The van der Waals surface area contributed by atoms with Crippen LogP contribution in [0.1, 0.15) is 20.3 Å². The topological polar surface area (TPSA) is 38.3 Å². The Bertz CT molecular complexity index is 104. The fraction of sp³-hybridized carbons (Fsp3) is 0.875. The predicted molar refractivity (Wildman–Crippen MR) is 44.7 cm³/mol. The number of carbonyl (C=O) groups excluding carboxylic acids is 1. The molecule has 0 spiro atoms. The zero-order chi connectivity index (χ0) is 8.53. The van der Waals surface area contributed by atoms with Crippen LogP contribution in [-0.4, -0.2) is 32.1 Å². The minimum Gasteiger partial charge on any atom is -0.380 e. The molecule has 0 aromatic rings. The van der Waals surface area contributed by atoms with Crippen molar-refractivity contribution >= 4 is 5.78 Å². The molecule has 1 N–H and O–H groups in total. The molecule has 0 radical (unpaired) electrons. The van der Waals surface area contributed by atoms with Crippen molar-refractivity contribution in [2.75, 3.05) is 26.3 Å². The fourth-order valence-electron chi connectivity index (χ4n) is 0.639. The molecule has 0 aromatic carbocycles. The van der Waals surface area contributed by atoms with Gasteiger partial charge in [-0.15, -0.1) is 0 Å². The quantitative estimate of drug-likeness (QED) is 0.552. The van der Waals surface area contributed by atoms with Crippen LogP contribution in [0.2, 0.25) is 0 Å². The van der Waals surface area contributed by atoms with E-state index in [2.05, 4.69) is 12.2 Å². The monoisotopic (exact) mass is 159 g/mol. The minimum atomic E-state index is 0.188. The van der Waals surface area contributed by atoms with Gasteiger partial charge in [-0.05, 0) is 13.5 Å². The van der Waals surface area contributed by atoms with Gasteiger partial charge in [0.15, 0.2) is 0 Å². The van der Waals surface area contributed by atoms with Gasteiger partial charge in [0.1, 0.15) is 5.78 Å². The van der Waals surface area contributed by atoms with Crippen molar-refractivity contribution in [1.82, 2.24) is 5.32 Å². The summed E-state index contributed by atoms with van der Waals surface area (Å²) in [4.78, 5) is 10.4. The highest BCUT2D eigenvalue weighted by atomic mass is 16.5. The fourth-order valence-corrected chi connectivity index (χ4v) is 0.639. The number of rotatable bonds is 7. The molecule has 0 fully saturated rings. The van der Waals surface area contributed by atoms with Gasteiger partial charge in [0.25, 0.3) is 0 Å². The van der Waals surface area contributed by atoms with Crippen molar-refractivity contribution in [3.05, 3.63) is 0 Å². The van der Waals surface area contributed by atoms with Crippen molar-refractivity contribution in [2.24, 2.45) is 0 Å². The van der Waals surface area contributed by atoms with Crippen LogP contribution in [0.5, 0.6) is 0 Å². The van der Waals surface area contributed by atoms with E-state index in [0.717, 1.165) is 13.1 Å². The van der Waals surface area contributed by atoms with E-state index in [-0.39, 0.29) is 5.78 Å². The van der Waals surface area contributed by atoms with Crippen LogP contribution in [-0.2, 0) is 9.53 Å². The van der Waals surface area contributed by atoms with Crippen molar-refractivity contribution in [2.45, 2.75) is 20.3 Å². The molecule has 0 saturated carbocycles. The van der Waals surface area contributed by atoms with E-state index in [0.29, 0.717) is 19.6 Å². The second-order valence-corrected chi connectivity index (χ2v) is 2.42. The van der Waals surface area contributed by atoms with E-state index < -0.39 is 0 Å². The highest BCUT2D eigenvalue weighted by Gasteiger charge is 1.92. The Hall–Kier alpha value is -0.410. The molecule has 3 nitrogen and oxygen atoms in total. The molecule has 0 unspecified atom stereocenters. The number of hydrogen-bond acceptors (Lipinski definition) is 3. The largest absolute Gasteiger partial charge is 0.380 e. The summed E-state index contributed by atoms with van der Waals surface area (Å²) in [5, 5.41) is 3.13. The second kappa shape index (κ2) is 7.69. The number of hydrogen-bond donors (Lipinski definition) is 1. The van der Waals surface area contributed by atoms with Crippen molar-refractivity contribution in [3.63, 3.8) is 0 Å². The third-order valence-electron chi connectivity index (χ3n) is 1.27. The molecule has 0 aliphatic heterocycles. The molecule has 3 heteroatoms. The smallest absolute Gasteiger partial charge is 0.132 e. The van der Waals surface area contributed by atoms with Crippen LogP contribution in [0.3, 0.4) is 0 Å². The maximum absolute atomic E-state index is 10.4. The summed E-state index contributed by atoms with van der Waals surface area (Å²) in [6.07, 6.45) is 0.534. The summed E-state index contributed by atoms with van der Waals surface area (Å²) in [6.45, 7) is 6.72. The Morgan fingerprint density at radius 1 is 1.45 bits per heavy atom. The van der Waals surface area contributed by atoms with Gasteiger partial charge in [-0.25, -0.2) is 0 Å². The molecule has 0 aliphatic rings. The third-order valence-corrected chi connectivity index (χ3v) is 1.27. The van der Waals surface area contributed by atoms with Gasteiger partial charge in [0, 0.05) is 13.0 Å². The molecular formula is C8H17NO2. The van der Waals surface area contributed by atoms with Gasteiger partial charge in [-0.2, -0.15) is 0 Å². The van der Waals surface area contributed by atoms with E-state index in [4.69, 9.17) is 4.74 Å². The maximum atomic E-state index is 10.4. The Balaban J connectivity index is 2.85. The minimum absolute atomic E-state index is 0.188. The Kier molecular flexibility index (Phi) is 7.41. The van der Waals surface area contributed by atoms with Gasteiger partial charge in [0.2, 0.25) is 0 Å². The molecule has 0 bridgehead atoms. The van der Waals surface area contributed by atoms with E-state index in [1.165, 1.54) is 0 Å². The first-order valence-electron chi connectivity index (χ1n) is 4.05. The van der Waals surface area contributed by atoms with Gasteiger partial charge in [0.05, 0.1) is 13.2 Å². The molecule has 66 valence electrons. The van der Waals surface area contributed by atoms with E-state index in [1.807, 2.05) is 0 Å². The summed E-state index contributed by atoms with van der Waals surface area (Å²) >= 11 is 0. The molecule has 0 atom stereocenters. The number of likely N-dealkylation sites (N-methyl/N-ethyl adjacent to an activating group) is 1. The molecular weight excluding hydrogens is 142 g/mol. The average Bonchev–Trinajstić information content (AvgIpc) is 1.96. The van der Waals surface area contributed by atoms with Gasteiger partial charge < -0.3 is 10.1 Å². The van der Waals surface area contributed by atoms with Crippen LogP contribution < -0.4 is 5.32 Å². The van der Waals surface area contributed by atoms with Crippen LogP contribution in [0.25, 0.3) is 0 Å². The summed E-state index contributed by atoms with van der Waals surface area (Å²) in [5.41, 5.74) is 0. The number of ether oxygens (including phenoxy) is 1. The number of Topliss-reactive ketones (excluding diaryl/α,β-unsaturated/α-hetero) is 1. The molecule has 0 aliphatic carbocycles. The van der Waals surface area contributed by atoms with Crippen LogP contribution in [0.4, 0.5) is 0 Å². The molecule has 0 saturated heterocycles. The molecule has 0 heterocycles. The lowest BCUT2D eigenvalue weighted by molar-refractivity contribution is -0.118. The molecule has 0 aromatic heterocycles. The maximum Gasteiger partial charge on any atom is 0.132 e. The highest BCUT2D eigenvalue weighted by Crippen LogP contribution is 1.82. The lowest BCUT2D eigenvalue weighted by Crippen LogP contribution is -2.19. The second-order valence-electron chi connectivity index (χ2n) is 2.42. The van der Waals surface area contributed by atoms with E-state index in [9.17, 15) is 4.79 Å². The van der Waals surface area contributed by atoms with Crippen LogP contribution >= 0.6 is 0 Å². The molecule has 11 heavy (non-hydrogen) atoms. The van der Waals surface area contributed by atoms with Gasteiger partial charge >= 0.3 is 0 Å². The summed E-state index contributed by atoms with van der Waals surface area (Å²) in [7, 11) is 0. The van der Waals surface area contributed by atoms with Crippen LogP contribution in [0.15, 0.2) is 0 Å². The summed E-state index contributed by atoms with van der Waals surface area (Å²) in [6, 6.07) is 0. The zero-order valence-electron chi connectivity index (χ0n) is 7.35. The Morgan fingerprint density at radius 2 is 2.18 bits per heavy atom. The van der Waals surface area contributed by atoms with E-state index >= 15 is 0 Å². The molecule has 0 amide bonds. The lowest BCUT2D eigenvalue weighted by Gasteiger charge is -2.02. The lowest BCUT2D eigenvalue weighted by atomic mass is 10.3. The van der Waals surface area contributed by atoms with Crippen LogP contribution in [0, 0.1) is 0 Å². The number of ketones is 1. The zero-order valence-corrected chi connectivity index (χ0v) is 7.35. The summed E-state index contributed by atoms with van der Waals surface area (Å²) < 4.78 is 5.16. The summed E-state index contributed by atoms with van der Waals surface area (Å²) in [5.74, 6) is 0.188. The van der Waals surface area contributed by atoms with Gasteiger partial charge in [-0.1, -0.05) is 6.92 Å². The highest BCUT2D eigenvalue weighted by molar-refractivity contribution is 5.75. The average molecular weight is 159 g/mol. The van der Waals surface area contributed by atoms with Crippen molar-refractivity contribution in [3.8, 4) is 0 Å². The first-order valence-corrected chi connectivity index (χ1v) is 4.05. The van der Waals surface area contributed by atoms with E-state index in [1.54, 1.807) is 6.92 Å². The predicted octanol–water partition coefficient (Wildman–Crippen LogP) is 0.592. The Morgan fingerprint density at radius 3 is 2.73 bits per heavy atom.